The van der Waals surface area contributed by atoms with Crippen molar-refractivity contribution >= 4 is 33.7 Å². The minimum absolute atomic E-state index is 0.0330. The minimum Gasteiger partial charge on any atom is -0.478 e. The number of carbonyl (C=O) groups is 3. The molecule has 36 heavy (non-hydrogen) atoms. The molecule has 198 valence electrons. The van der Waals surface area contributed by atoms with Crippen LogP contribution in [0.3, 0.4) is 0 Å². The van der Waals surface area contributed by atoms with Crippen LogP contribution in [0.2, 0.25) is 0 Å². The first kappa shape index (κ1) is 31.2. The topological polar surface area (TPSA) is 77.9 Å². The van der Waals surface area contributed by atoms with Crippen LogP contribution in [0.5, 0.6) is 0 Å². The highest BCUT2D eigenvalue weighted by atomic mass is 79.9. The summed E-state index contributed by atoms with van der Waals surface area (Å²) in [4.78, 5) is 38.7. The van der Waals surface area contributed by atoms with Gasteiger partial charge in [-0.15, -0.1) is 0 Å². The maximum Gasteiger partial charge on any atom is 0.338 e. The molecule has 2 aromatic rings. The smallest absolute Gasteiger partial charge is 0.338 e. The lowest BCUT2D eigenvalue weighted by Gasteiger charge is -2.21. The van der Waals surface area contributed by atoms with Crippen LogP contribution in [-0.2, 0) is 0 Å². The molecule has 0 heterocycles. The Morgan fingerprint density at radius 1 is 0.722 bits per heavy atom. The second kappa shape index (κ2) is 16.0. The zero-order valence-corrected chi connectivity index (χ0v) is 22.9. The molecular weight excluding hydrogens is 534 g/mol. The molecule has 2 aromatic carbocycles. The molecule has 0 aliphatic carbocycles. The van der Waals surface area contributed by atoms with E-state index in [1.54, 1.807) is 9.80 Å². The van der Waals surface area contributed by atoms with E-state index < -0.39 is 17.3 Å². The Bertz CT molecular complexity index is 1020. The molecule has 0 saturated carbocycles. The number of carboxylic acids is 1. The number of halogens is 3. The van der Waals surface area contributed by atoms with Crippen molar-refractivity contribution < 1.29 is 28.3 Å². The van der Waals surface area contributed by atoms with E-state index in [9.17, 15) is 23.2 Å². The largest absolute Gasteiger partial charge is 0.478 e. The van der Waals surface area contributed by atoms with Gasteiger partial charge in [-0.25, -0.2) is 13.6 Å². The highest BCUT2D eigenvalue weighted by Gasteiger charge is 2.18. The lowest BCUT2D eigenvalue weighted by Crippen LogP contribution is -2.32. The van der Waals surface area contributed by atoms with Crippen LogP contribution in [-0.4, -0.2) is 58.9 Å². The molecule has 0 aliphatic heterocycles. The molecule has 0 aliphatic rings. The molecule has 0 atom stereocenters. The van der Waals surface area contributed by atoms with E-state index in [0.29, 0.717) is 23.1 Å². The molecule has 0 radical (unpaired) electrons. The number of carboxylic acid groups (broad SMARTS) is 1. The first-order chi connectivity index (χ1) is 17.1. The molecule has 1 N–H and O–H groups in total. The quantitative estimate of drug-likeness (QED) is 0.329. The van der Waals surface area contributed by atoms with E-state index in [0.717, 1.165) is 50.9 Å². The van der Waals surface area contributed by atoms with Crippen molar-refractivity contribution in [2.75, 3.05) is 26.2 Å². The Morgan fingerprint density at radius 2 is 1.11 bits per heavy atom. The van der Waals surface area contributed by atoms with Gasteiger partial charge in [-0.2, -0.15) is 0 Å². The fourth-order valence-corrected chi connectivity index (χ4v) is 3.90. The Kier molecular flexibility index (Phi) is 13.9. The number of nitrogens with zero attached hydrogens (tertiary/aromatic N) is 2. The fraction of sp³-hybridized carbons (Fsp3) is 0.444. The molecular formula is C27H35BrF2N2O4. The summed E-state index contributed by atoms with van der Waals surface area (Å²) in [5.41, 5.74) is 0.264. The van der Waals surface area contributed by atoms with E-state index in [-0.39, 0.29) is 23.2 Å². The van der Waals surface area contributed by atoms with E-state index in [1.807, 2.05) is 27.7 Å². The van der Waals surface area contributed by atoms with Crippen molar-refractivity contribution in [3.63, 3.8) is 0 Å². The van der Waals surface area contributed by atoms with Crippen molar-refractivity contribution in [2.24, 2.45) is 0 Å². The van der Waals surface area contributed by atoms with Crippen molar-refractivity contribution in [1.82, 2.24) is 9.80 Å². The Morgan fingerprint density at radius 3 is 1.47 bits per heavy atom. The molecule has 2 amide bonds. The molecule has 0 unspecified atom stereocenters. The van der Waals surface area contributed by atoms with Crippen LogP contribution in [0.1, 0.15) is 84.5 Å². The molecule has 0 bridgehead atoms. The maximum absolute atomic E-state index is 13.3. The summed E-state index contributed by atoms with van der Waals surface area (Å²) in [7, 11) is 0. The van der Waals surface area contributed by atoms with Crippen molar-refractivity contribution in [1.29, 1.82) is 0 Å². The van der Waals surface area contributed by atoms with Gasteiger partial charge in [0.2, 0.25) is 0 Å². The number of aromatic carboxylic acids is 1. The third-order valence-electron chi connectivity index (χ3n) is 5.16. The van der Waals surface area contributed by atoms with Gasteiger partial charge in [0.25, 0.3) is 11.8 Å². The van der Waals surface area contributed by atoms with Gasteiger partial charge in [-0.1, -0.05) is 27.7 Å². The molecule has 0 aromatic heterocycles. The SMILES string of the molecule is CCCN(CCC)C(=O)c1ccc(F)c(Br)c1.CCCN(CCC)C(=O)c1ccc(F)c(C(=O)O)c1. The van der Waals surface area contributed by atoms with Crippen LogP contribution in [0.4, 0.5) is 8.78 Å². The average Bonchev–Trinajstić information content (AvgIpc) is 2.85. The summed E-state index contributed by atoms with van der Waals surface area (Å²) in [6.45, 7) is 10.7. The predicted molar refractivity (Wildman–Crippen MR) is 140 cm³/mol. The third-order valence-corrected chi connectivity index (χ3v) is 5.77. The van der Waals surface area contributed by atoms with Gasteiger partial charge >= 0.3 is 5.97 Å². The van der Waals surface area contributed by atoms with E-state index >= 15 is 0 Å². The van der Waals surface area contributed by atoms with Crippen LogP contribution in [0.15, 0.2) is 40.9 Å². The second-order valence-electron chi connectivity index (χ2n) is 8.21. The van der Waals surface area contributed by atoms with Gasteiger partial charge in [0.05, 0.1) is 10.0 Å². The Balaban J connectivity index is 0.000000362. The van der Waals surface area contributed by atoms with Crippen molar-refractivity contribution in [3.05, 3.63) is 69.2 Å². The second-order valence-corrected chi connectivity index (χ2v) is 9.07. The molecule has 0 spiro atoms. The van der Waals surface area contributed by atoms with Gasteiger partial charge in [-0.05, 0) is 78.0 Å². The fourth-order valence-electron chi connectivity index (χ4n) is 3.53. The Labute approximate surface area is 220 Å². The lowest BCUT2D eigenvalue weighted by atomic mass is 10.1. The molecule has 6 nitrogen and oxygen atoms in total. The van der Waals surface area contributed by atoms with Crippen LogP contribution in [0, 0.1) is 11.6 Å². The van der Waals surface area contributed by atoms with Crippen molar-refractivity contribution in [3.8, 4) is 0 Å². The van der Waals surface area contributed by atoms with Gasteiger partial charge in [0.1, 0.15) is 11.6 Å². The minimum atomic E-state index is -1.37. The molecule has 0 saturated heterocycles. The van der Waals surface area contributed by atoms with Crippen LogP contribution in [0.25, 0.3) is 0 Å². The Hall–Kier alpha value is -2.81. The number of rotatable bonds is 11. The first-order valence-electron chi connectivity index (χ1n) is 12.2. The third kappa shape index (κ3) is 9.33. The summed E-state index contributed by atoms with van der Waals surface area (Å²) >= 11 is 3.10. The predicted octanol–water partition coefficient (Wildman–Crippen LogP) is 6.64. The summed E-state index contributed by atoms with van der Waals surface area (Å²) in [6, 6.07) is 7.82. The number of hydrogen-bond acceptors (Lipinski definition) is 3. The highest BCUT2D eigenvalue weighted by Crippen LogP contribution is 2.18. The molecule has 0 fully saturated rings. The van der Waals surface area contributed by atoms with Crippen molar-refractivity contribution in [2.45, 2.75) is 53.4 Å². The monoisotopic (exact) mass is 568 g/mol. The highest BCUT2D eigenvalue weighted by molar-refractivity contribution is 9.10. The molecule has 2 rings (SSSR count). The van der Waals surface area contributed by atoms with E-state index in [4.69, 9.17) is 5.11 Å². The van der Waals surface area contributed by atoms with Crippen LogP contribution < -0.4 is 0 Å². The standard InChI is InChI=1S/C14H18FNO3.C13H17BrFNO/c1-3-7-16(8-4-2)13(17)10-5-6-12(15)11(9-10)14(18)19;1-3-7-16(8-4-2)13(17)10-5-6-12(15)11(14)9-10/h5-6,9H,3-4,7-8H2,1-2H3,(H,18,19);5-6,9H,3-4,7-8H2,1-2H3. The number of hydrogen-bond donors (Lipinski definition) is 1. The normalized spacial score (nSPS) is 10.3. The first-order valence-corrected chi connectivity index (χ1v) is 13.0. The van der Waals surface area contributed by atoms with Crippen LogP contribution >= 0.6 is 15.9 Å². The van der Waals surface area contributed by atoms with E-state index in [1.165, 1.54) is 24.3 Å². The number of carbonyl (C=O) groups excluding carboxylic acids is 2. The zero-order chi connectivity index (χ0) is 27.3. The zero-order valence-electron chi connectivity index (χ0n) is 21.3. The lowest BCUT2D eigenvalue weighted by molar-refractivity contribution is 0.0690. The van der Waals surface area contributed by atoms with Gasteiger partial charge in [0, 0.05) is 37.3 Å². The number of benzene rings is 2. The average molecular weight is 569 g/mol. The summed E-state index contributed by atoms with van der Waals surface area (Å²) in [5, 5.41) is 8.85. The van der Waals surface area contributed by atoms with Gasteiger partial charge in [-0.3, -0.25) is 9.59 Å². The molecule has 9 heteroatoms. The summed E-state index contributed by atoms with van der Waals surface area (Å²) in [5.74, 6) is -2.84. The van der Waals surface area contributed by atoms with E-state index in [2.05, 4.69) is 15.9 Å². The summed E-state index contributed by atoms with van der Waals surface area (Å²) < 4.78 is 26.7. The maximum atomic E-state index is 13.3. The summed E-state index contributed by atoms with van der Waals surface area (Å²) in [6.07, 6.45) is 3.49. The van der Waals surface area contributed by atoms with Gasteiger partial charge < -0.3 is 14.9 Å². The van der Waals surface area contributed by atoms with Gasteiger partial charge in [0.15, 0.2) is 0 Å². The number of amides is 2.